The van der Waals surface area contributed by atoms with Crippen LogP contribution in [-0.4, -0.2) is 26.6 Å². The second kappa shape index (κ2) is 9.94. The zero-order chi connectivity index (χ0) is 24.9. The molecule has 2 amide bonds. The molecule has 0 saturated heterocycles. The number of carbonyl (C=O) groups is 2. The van der Waals surface area contributed by atoms with Crippen LogP contribution in [-0.2, 0) is 0 Å². The number of amides is 2. The van der Waals surface area contributed by atoms with Gasteiger partial charge in [-0.2, -0.15) is 5.10 Å². The number of aromatic amines is 1. The first-order chi connectivity index (χ1) is 17.6. The van der Waals surface area contributed by atoms with E-state index in [1.807, 2.05) is 91.0 Å². The van der Waals surface area contributed by atoms with Gasteiger partial charge in [-0.25, -0.2) is 4.68 Å². The highest BCUT2D eigenvalue weighted by atomic mass is 16.2. The molecule has 8 nitrogen and oxygen atoms in total. The fraction of sp³-hybridized carbons (Fsp3) is 0. The molecule has 2 aromatic heterocycles. The number of hydrogen-bond acceptors (Lipinski definition) is 4. The molecule has 3 N–H and O–H groups in total. The number of carbonyl (C=O) groups excluding carboxylic acids is 2. The Morgan fingerprint density at radius 1 is 0.667 bits per heavy atom. The first-order valence-corrected chi connectivity index (χ1v) is 11.2. The van der Waals surface area contributed by atoms with Crippen molar-refractivity contribution in [2.24, 2.45) is 0 Å². The Morgan fingerprint density at radius 2 is 1.22 bits per heavy atom. The normalized spacial score (nSPS) is 10.6. The third-order valence-electron chi connectivity index (χ3n) is 5.56. The average Bonchev–Trinajstić information content (AvgIpc) is 3.39. The first-order valence-electron chi connectivity index (χ1n) is 11.2. The molecule has 0 fully saturated rings. The lowest BCUT2D eigenvalue weighted by molar-refractivity contribution is 0.0846. The van der Waals surface area contributed by atoms with Crippen LogP contribution in [0.25, 0.3) is 28.2 Å². The van der Waals surface area contributed by atoms with Crippen LogP contribution in [0, 0.1) is 0 Å². The summed E-state index contributed by atoms with van der Waals surface area (Å²) in [7, 11) is 0. The Bertz CT molecular complexity index is 1580. The third kappa shape index (κ3) is 4.69. The smallest absolute Gasteiger partial charge is 0.275 e. The van der Waals surface area contributed by atoms with Crippen LogP contribution in [0.5, 0.6) is 0 Å². The Kier molecular flexibility index (Phi) is 6.23. The number of pyridine rings is 1. The van der Waals surface area contributed by atoms with Crippen molar-refractivity contribution in [1.82, 2.24) is 25.6 Å². The Morgan fingerprint density at radius 3 is 1.83 bits per heavy atom. The predicted octanol–water partition coefficient (Wildman–Crippen LogP) is 3.97. The van der Waals surface area contributed by atoms with E-state index in [1.54, 1.807) is 16.9 Å². The monoisotopic (exact) mass is 475 g/mol. The minimum Gasteiger partial charge on any atom is -0.321 e. The van der Waals surface area contributed by atoms with Crippen LogP contribution in [0.3, 0.4) is 0 Å². The maximum atomic E-state index is 13.1. The minimum absolute atomic E-state index is 0.127. The van der Waals surface area contributed by atoms with Crippen molar-refractivity contribution in [3.8, 4) is 28.2 Å². The van der Waals surface area contributed by atoms with Crippen molar-refractivity contribution in [2.75, 3.05) is 0 Å². The molecule has 176 valence electrons. The van der Waals surface area contributed by atoms with Crippen LogP contribution in [0.2, 0.25) is 0 Å². The molecule has 0 bridgehead atoms. The molecule has 0 aliphatic rings. The van der Waals surface area contributed by atoms with Crippen molar-refractivity contribution in [3.05, 3.63) is 131 Å². The van der Waals surface area contributed by atoms with E-state index in [0.29, 0.717) is 11.4 Å². The number of hydrogen-bond donors (Lipinski definition) is 3. The van der Waals surface area contributed by atoms with E-state index in [2.05, 4.69) is 20.9 Å². The number of aromatic nitrogens is 3. The van der Waals surface area contributed by atoms with Crippen molar-refractivity contribution in [1.29, 1.82) is 0 Å². The quantitative estimate of drug-likeness (QED) is 0.334. The van der Waals surface area contributed by atoms with Gasteiger partial charge in [-0.3, -0.25) is 25.2 Å². The molecule has 36 heavy (non-hydrogen) atoms. The van der Waals surface area contributed by atoms with Gasteiger partial charge in [0.05, 0.1) is 11.3 Å². The second-order valence-electron chi connectivity index (χ2n) is 7.93. The predicted molar refractivity (Wildman–Crippen MR) is 136 cm³/mol. The lowest BCUT2D eigenvalue weighted by Gasteiger charge is -2.08. The van der Waals surface area contributed by atoms with E-state index >= 15 is 0 Å². The molecule has 0 spiro atoms. The lowest BCUT2D eigenvalue weighted by atomic mass is 10.1. The summed E-state index contributed by atoms with van der Waals surface area (Å²) in [4.78, 5) is 41.0. The van der Waals surface area contributed by atoms with Gasteiger partial charge in [0.2, 0.25) is 0 Å². The molecule has 0 aliphatic carbocycles. The average molecular weight is 476 g/mol. The van der Waals surface area contributed by atoms with Gasteiger partial charge in [0.15, 0.2) is 0 Å². The van der Waals surface area contributed by atoms with Gasteiger partial charge >= 0.3 is 0 Å². The Hall–Kier alpha value is -5.24. The lowest BCUT2D eigenvalue weighted by Crippen LogP contribution is -2.43. The summed E-state index contributed by atoms with van der Waals surface area (Å²) in [5.41, 5.74) is 7.69. The summed E-state index contributed by atoms with van der Waals surface area (Å²) in [6, 6.07) is 31.0. The van der Waals surface area contributed by atoms with Gasteiger partial charge < -0.3 is 4.98 Å². The van der Waals surface area contributed by atoms with Crippen LogP contribution in [0.4, 0.5) is 0 Å². The molecule has 2 heterocycles. The largest absolute Gasteiger partial charge is 0.321 e. The van der Waals surface area contributed by atoms with E-state index < -0.39 is 17.4 Å². The summed E-state index contributed by atoms with van der Waals surface area (Å²) in [6.45, 7) is 0. The first kappa shape index (κ1) is 22.5. The summed E-state index contributed by atoms with van der Waals surface area (Å²) < 4.78 is 1.60. The molecular weight excluding hydrogens is 454 g/mol. The summed E-state index contributed by atoms with van der Waals surface area (Å²) in [5, 5.41) is 4.60. The molecule has 5 aromatic rings. The van der Waals surface area contributed by atoms with Gasteiger partial charge in [-0.05, 0) is 29.8 Å². The van der Waals surface area contributed by atoms with Crippen molar-refractivity contribution >= 4 is 11.8 Å². The number of benzene rings is 3. The molecular formula is C28H21N5O3. The van der Waals surface area contributed by atoms with Crippen LogP contribution >= 0.6 is 0 Å². The summed E-state index contributed by atoms with van der Waals surface area (Å²) in [5.74, 6) is -1.30. The zero-order valence-electron chi connectivity index (χ0n) is 19.0. The van der Waals surface area contributed by atoms with E-state index in [9.17, 15) is 14.4 Å². The SMILES string of the molecule is O=C(NNC(=O)c1ccc(-c2ccccc2)[nH]c1=O)c1cn(-c2ccccc2)nc1-c1ccccc1. The van der Waals surface area contributed by atoms with Crippen LogP contribution in [0.1, 0.15) is 20.7 Å². The van der Waals surface area contributed by atoms with Gasteiger partial charge in [0.25, 0.3) is 17.4 Å². The van der Waals surface area contributed by atoms with E-state index in [-0.39, 0.29) is 11.1 Å². The Balaban J connectivity index is 1.37. The highest BCUT2D eigenvalue weighted by molar-refractivity contribution is 6.02. The number of hydrazine groups is 1. The topological polar surface area (TPSA) is 109 Å². The Labute approximate surface area is 206 Å². The molecule has 5 rings (SSSR count). The summed E-state index contributed by atoms with van der Waals surface area (Å²) in [6.07, 6.45) is 1.60. The van der Waals surface area contributed by atoms with Gasteiger partial charge in [-0.1, -0.05) is 78.9 Å². The number of para-hydroxylation sites is 1. The van der Waals surface area contributed by atoms with Gasteiger partial charge in [-0.15, -0.1) is 0 Å². The van der Waals surface area contributed by atoms with Gasteiger partial charge in [0.1, 0.15) is 11.3 Å². The highest BCUT2D eigenvalue weighted by Crippen LogP contribution is 2.23. The fourth-order valence-electron chi connectivity index (χ4n) is 3.75. The molecule has 0 saturated carbocycles. The minimum atomic E-state index is -0.735. The fourth-order valence-corrected chi connectivity index (χ4v) is 3.75. The van der Waals surface area contributed by atoms with E-state index in [1.165, 1.54) is 6.07 Å². The summed E-state index contributed by atoms with van der Waals surface area (Å²) >= 11 is 0. The number of H-pyrrole nitrogens is 1. The maximum Gasteiger partial charge on any atom is 0.275 e. The number of rotatable bonds is 5. The molecule has 0 radical (unpaired) electrons. The van der Waals surface area contributed by atoms with Gasteiger partial charge in [0, 0.05) is 17.5 Å². The molecule has 0 atom stereocenters. The second-order valence-corrected chi connectivity index (χ2v) is 7.93. The van der Waals surface area contributed by atoms with E-state index in [4.69, 9.17) is 0 Å². The maximum absolute atomic E-state index is 13.1. The van der Waals surface area contributed by atoms with Crippen LogP contribution < -0.4 is 16.4 Å². The standard InChI is InChI=1S/C28H21N5O3/c34-26-22(16-17-24(29-26)19-10-4-1-5-11-19)27(35)30-31-28(36)23-18-33(21-14-8-3-9-15-21)32-25(23)20-12-6-2-7-13-20/h1-18H,(H,29,34)(H,30,35)(H,31,36). The van der Waals surface area contributed by atoms with Crippen molar-refractivity contribution in [2.45, 2.75) is 0 Å². The van der Waals surface area contributed by atoms with E-state index in [0.717, 1.165) is 16.8 Å². The molecule has 3 aromatic carbocycles. The molecule has 0 unspecified atom stereocenters. The van der Waals surface area contributed by atoms with Crippen molar-refractivity contribution < 1.29 is 9.59 Å². The van der Waals surface area contributed by atoms with Crippen molar-refractivity contribution in [3.63, 3.8) is 0 Å². The molecule has 8 heteroatoms. The van der Waals surface area contributed by atoms with Crippen LogP contribution in [0.15, 0.2) is 114 Å². The third-order valence-corrected chi connectivity index (χ3v) is 5.56. The molecule has 0 aliphatic heterocycles. The highest BCUT2D eigenvalue weighted by Gasteiger charge is 2.20. The number of nitrogens with one attached hydrogen (secondary N) is 3. The number of nitrogens with zero attached hydrogens (tertiary/aromatic N) is 2. The zero-order valence-corrected chi connectivity index (χ0v) is 19.0.